The first-order valence-electron chi connectivity index (χ1n) is 8.66. The number of carbonyl (C=O) groups excluding carboxylic acids is 1. The highest BCUT2D eigenvalue weighted by atomic mass is 16.5. The molecule has 25 heavy (non-hydrogen) atoms. The number of ether oxygens (including phenoxy) is 2. The third-order valence-corrected chi connectivity index (χ3v) is 3.83. The van der Waals surface area contributed by atoms with E-state index in [9.17, 15) is 4.79 Å². The summed E-state index contributed by atoms with van der Waals surface area (Å²) in [6.45, 7) is 8.56. The average molecular weight is 341 g/mol. The zero-order chi connectivity index (χ0) is 18.2. The van der Waals surface area contributed by atoms with E-state index in [1.54, 1.807) is 0 Å². The van der Waals surface area contributed by atoms with Gasteiger partial charge in [0.25, 0.3) is 5.91 Å². The Morgan fingerprint density at radius 1 is 1.00 bits per heavy atom. The van der Waals surface area contributed by atoms with Crippen LogP contribution in [0.15, 0.2) is 48.5 Å². The number of nitrogens with one attached hydrogen (secondary N) is 1. The maximum atomic E-state index is 12.1. The summed E-state index contributed by atoms with van der Waals surface area (Å²) in [7, 11) is 0. The third kappa shape index (κ3) is 6.14. The molecule has 0 aliphatic heterocycles. The summed E-state index contributed by atoms with van der Waals surface area (Å²) < 4.78 is 11.4. The lowest BCUT2D eigenvalue weighted by molar-refractivity contribution is -0.123. The molecule has 0 aliphatic rings. The minimum Gasteiger partial charge on any atom is -0.491 e. The Morgan fingerprint density at radius 2 is 1.68 bits per heavy atom. The number of hydrogen-bond donors (Lipinski definition) is 1. The zero-order valence-electron chi connectivity index (χ0n) is 15.4. The molecule has 2 aromatic rings. The Morgan fingerprint density at radius 3 is 2.36 bits per heavy atom. The van der Waals surface area contributed by atoms with E-state index in [2.05, 4.69) is 19.2 Å². The van der Waals surface area contributed by atoms with Crippen molar-refractivity contribution in [2.45, 2.75) is 39.7 Å². The Kier molecular flexibility index (Phi) is 6.87. The fraction of sp³-hybridized carbons (Fsp3) is 0.381. The molecule has 2 aromatic carbocycles. The second-order valence-corrected chi connectivity index (χ2v) is 6.57. The van der Waals surface area contributed by atoms with Gasteiger partial charge in [-0.05, 0) is 43.5 Å². The van der Waals surface area contributed by atoms with E-state index in [0.717, 1.165) is 17.1 Å². The predicted octanol–water partition coefficient (Wildman–Crippen LogP) is 4.08. The summed E-state index contributed by atoms with van der Waals surface area (Å²) in [5.74, 6) is 1.75. The molecular formula is C21H27NO3. The van der Waals surface area contributed by atoms with Crippen LogP contribution in [0.4, 0.5) is 0 Å². The summed E-state index contributed by atoms with van der Waals surface area (Å²) in [4.78, 5) is 12.1. The van der Waals surface area contributed by atoms with Crippen molar-refractivity contribution in [2.75, 3.05) is 13.2 Å². The van der Waals surface area contributed by atoms with Gasteiger partial charge in [-0.3, -0.25) is 4.79 Å². The first-order chi connectivity index (χ1) is 12.0. The van der Waals surface area contributed by atoms with Crippen molar-refractivity contribution in [2.24, 2.45) is 0 Å². The molecule has 0 saturated heterocycles. The summed E-state index contributed by atoms with van der Waals surface area (Å²) in [6, 6.07) is 15.6. The van der Waals surface area contributed by atoms with E-state index in [1.165, 1.54) is 5.56 Å². The van der Waals surface area contributed by atoms with E-state index in [0.29, 0.717) is 12.5 Å². The SMILES string of the molecule is Cc1ccc(OCC(C)NC(=O)COc2ccccc2C(C)C)cc1. The molecule has 0 aliphatic carbocycles. The Bertz CT molecular complexity index is 680. The van der Waals surface area contributed by atoms with E-state index in [4.69, 9.17) is 9.47 Å². The maximum absolute atomic E-state index is 12.1. The number of aryl methyl sites for hydroxylation is 1. The van der Waals surface area contributed by atoms with Crippen LogP contribution in [0.25, 0.3) is 0 Å². The molecule has 0 saturated carbocycles. The first-order valence-corrected chi connectivity index (χ1v) is 8.66. The molecule has 1 amide bonds. The first kappa shape index (κ1) is 18.8. The van der Waals surface area contributed by atoms with Crippen LogP contribution in [0.3, 0.4) is 0 Å². The van der Waals surface area contributed by atoms with Crippen LogP contribution in [0.2, 0.25) is 0 Å². The van der Waals surface area contributed by atoms with Crippen molar-refractivity contribution >= 4 is 5.91 Å². The Labute approximate surface area is 150 Å². The van der Waals surface area contributed by atoms with Crippen molar-refractivity contribution in [3.05, 3.63) is 59.7 Å². The smallest absolute Gasteiger partial charge is 0.258 e. The minimum absolute atomic E-state index is 0.00138. The lowest BCUT2D eigenvalue weighted by Crippen LogP contribution is -2.39. The predicted molar refractivity (Wildman–Crippen MR) is 100 cm³/mol. The molecule has 1 unspecified atom stereocenters. The summed E-state index contributed by atoms with van der Waals surface area (Å²) in [6.07, 6.45) is 0. The van der Waals surface area contributed by atoms with Gasteiger partial charge in [-0.25, -0.2) is 0 Å². The molecule has 1 atom stereocenters. The van der Waals surface area contributed by atoms with Crippen molar-refractivity contribution in [3.63, 3.8) is 0 Å². The standard InChI is InChI=1S/C21H27NO3/c1-15(2)19-7-5-6-8-20(19)25-14-21(23)22-17(4)13-24-18-11-9-16(3)10-12-18/h5-12,15,17H,13-14H2,1-4H3,(H,22,23). The number of amides is 1. The van der Waals surface area contributed by atoms with E-state index < -0.39 is 0 Å². The molecule has 0 radical (unpaired) electrons. The fourth-order valence-electron chi connectivity index (χ4n) is 2.45. The average Bonchev–Trinajstić information content (AvgIpc) is 2.59. The molecule has 0 aromatic heterocycles. The van der Waals surface area contributed by atoms with Crippen LogP contribution in [-0.4, -0.2) is 25.2 Å². The van der Waals surface area contributed by atoms with Crippen LogP contribution in [0.1, 0.15) is 37.8 Å². The summed E-state index contributed by atoms with van der Waals surface area (Å²) >= 11 is 0. The van der Waals surface area contributed by atoms with Crippen LogP contribution in [-0.2, 0) is 4.79 Å². The molecular weight excluding hydrogens is 314 g/mol. The number of benzene rings is 2. The highest BCUT2D eigenvalue weighted by Crippen LogP contribution is 2.25. The second kappa shape index (κ2) is 9.11. The molecule has 4 heteroatoms. The highest BCUT2D eigenvalue weighted by Gasteiger charge is 2.11. The lowest BCUT2D eigenvalue weighted by Gasteiger charge is -2.17. The molecule has 0 heterocycles. The Balaban J connectivity index is 1.77. The maximum Gasteiger partial charge on any atom is 0.258 e. The van der Waals surface area contributed by atoms with Gasteiger partial charge in [-0.15, -0.1) is 0 Å². The second-order valence-electron chi connectivity index (χ2n) is 6.57. The third-order valence-electron chi connectivity index (χ3n) is 3.83. The zero-order valence-corrected chi connectivity index (χ0v) is 15.4. The number of hydrogen-bond acceptors (Lipinski definition) is 3. The van der Waals surface area contributed by atoms with Crippen molar-refractivity contribution in [1.29, 1.82) is 0 Å². The topological polar surface area (TPSA) is 47.6 Å². The van der Waals surface area contributed by atoms with Gasteiger partial charge in [0.15, 0.2) is 6.61 Å². The summed E-state index contributed by atoms with van der Waals surface area (Å²) in [5, 5.41) is 2.89. The van der Waals surface area contributed by atoms with Crippen molar-refractivity contribution in [3.8, 4) is 11.5 Å². The van der Waals surface area contributed by atoms with Crippen LogP contribution in [0, 0.1) is 6.92 Å². The molecule has 1 N–H and O–H groups in total. The minimum atomic E-state index is -0.154. The van der Waals surface area contributed by atoms with Gasteiger partial charge in [0.2, 0.25) is 0 Å². The van der Waals surface area contributed by atoms with E-state index in [-0.39, 0.29) is 18.6 Å². The molecule has 0 spiro atoms. The van der Waals surface area contributed by atoms with Gasteiger partial charge in [0.05, 0.1) is 6.04 Å². The van der Waals surface area contributed by atoms with Crippen LogP contribution >= 0.6 is 0 Å². The van der Waals surface area contributed by atoms with Gasteiger partial charge in [-0.2, -0.15) is 0 Å². The molecule has 4 nitrogen and oxygen atoms in total. The van der Waals surface area contributed by atoms with Gasteiger partial charge >= 0.3 is 0 Å². The van der Waals surface area contributed by atoms with E-state index >= 15 is 0 Å². The largest absolute Gasteiger partial charge is 0.491 e. The number of carbonyl (C=O) groups is 1. The van der Waals surface area contributed by atoms with E-state index in [1.807, 2.05) is 62.4 Å². The molecule has 2 rings (SSSR count). The quantitative estimate of drug-likeness (QED) is 0.787. The monoisotopic (exact) mass is 341 g/mol. The van der Waals surface area contributed by atoms with Crippen LogP contribution in [0.5, 0.6) is 11.5 Å². The van der Waals surface area contributed by atoms with Gasteiger partial charge in [-0.1, -0.05) is 49.7 Å². The fourth-order valence-corrected chi connectivity index (χ4v) is 2.45. The summed E-state index contributed by atoms with van der Waals surface area (Å²) in [5.41, 5.74) is 2.29. The van der Waals surface area contributed by atoms with Gasteiger partial charge < -0.3 is 14.8 Å². The van der Waals surface area contributed by atoms with Gasteiger partial charge in [0, 0.05) is 0 Å². The molecule has 134 valence electrons. The number of rotatable bonds is 8. The molecule has 0 fully saturated rings. The van der Waals surface area contributed by atoms with Crippen molar-refractivity contribution in [1.82, 2.24) is 5.32 Å². The van der Waals surface area contributed by atoms with Gasteiger partial charge in [0.1, 0.15) is 18.1 Å². The van der Waals surface area contributed by atoms with Crippen LogP contribution < -0.4 is 14.8 Å². The van der Waals surface area contributed by atoms with Crippen molar-refractivity contribution < 1.29 is 14.3 Å². The Hall–Kier alpha value is -2.49. The normalized spacial score (nSPS) is 11.9. The molecule has 0 bridgehead atoms. The lowest BCUT2D eigenvalue weighted by atomic mass is 10.0. The number of para-hydroxylation sites is 1. The highest BCUT2D eigenvalue weighted by molar-refractivity contribution is 5.77.